The third-order valence-electron chi connectivity index (χ3n) is 5.50. The number of ether oxygens (including phenoxy) is 1. The van der Waals surface area contributed by atoms with Crippen molar-refractivity contribution in [2.45, 2.75) is 38.6 Å². The summed E-state index contributed by atoms with van der Waals surface area (Å²) in [5.41, 5.74) is 1.36. The fourth-order valence-electron chi connectivity index (χ4n) is 4.03. The Morgan fingerprint density at radius 3 is 2.93 bits per heavy atom. The molecule has 0 saturated carbocycles. The zero-order chi connectivity index (χ0) is 19.3. The molecule has 2 aliphatic rings. The highest BCUT2D eigenvalue weighted by Crippen LogP contribution is 2.25. The van der Waals surface area contributed by atoms with Gasteiger partial charge in [-0.05, 0) is 12.0 Å². The summed E-state index contributed by atoms with van der Waals surface area (Å²) in [7, 11) is 1.85. The van der Waals surface area contributed by atoms with Gasteiger partial charge in [0.15, 0.2) is 5.96 Å². The first-order valence-corrected chi connectivity index (χ1v) is 10.9. The third-order valence-corrected chi connectivity index (χ3v) is 6.65. The zero-order valence-electron chi connectivity index (χ0n) is 16.7. The van der Waals surface area contributed by atoms with Crippen molar-refractivity contribution in [3.05, 3.63) is 52.0 Å². The Morgan fingerprint density at radius 2 is 2.18 bits per heavy atom. The van der Waals surface area contributed by atoms with E-state index in [9.17, 15) is 0 Å². The number of likely N-dealkylation sites (tertiary alicyclic amines) is 1. The Balaban J connectivity index is 1.37. The number of aryl methyl sites for hydroxylation is 1. The van der Waals surface area contributed by atoms with E-state index < -0.39 is 0 Å². The minimum absolute atomic E-state index is 0.238. The predicted octanol–water partition coefficient (Wildman–Crippen LogP) is 2.37. The Labute approximate surface area is 171 Å². The van der Waals surface area contributed by atoms with E-state index in [0.717, 1.165) is 56.7 Å². The number of aliphatic imine (C=N–C) groups is 1. The molecule has 2 saturated heterocycles. The average Bonchev–Trinajstić information content (AvgIpc) is 3.37. The highest BCUT2D eigenvalue weighted by Gasteiger charge is 2.41. The van der Waals surface area contributed by atoms with Crippen LogP contribution in [0.3, 0.4) is 0 Å². The summed E-state index contributed by atoms with van der Waals surface area (Å²) in [6, 6.07) is 11.1. The van der Waals surface area contributed by atoms with E-state index in [4.69, 9.17) is 4.74 Å². The molecule has 1 N–H and O–H groups in total. The van der Waals surface area contributed by atoms with Crippen molar-refractivity contribution in [2.75, 3.05) is 33.3 Å². The maximum atomic E-state index is 6.10. The van der Waals surface area contributed by atoms with E-state index in [1.807, 2.05) is 13.2 Å². The lowest BCUT2D eigenvalue weighted by atomic mass is 10.1. The van der Waals surface area contributed by atoms with Crippen LogP contribution in [0.1, 0.15) is 22.4 Å². The number of aromatic nitrogens is 1. The molecule has 0 bridgehead atoms. The summed E-state index contributed by atoms with van der Waals surface area (Å²) < 4.78 is 6.10. The molecule has 3 heterocycles. The Kier molecular flexibility index (Phi) is 6.24. The summed E-state index contributed by atoms with van der Waals surface area (Å²) in [5.74, 6) is 0.936. The van der Waals surface area contributed by atoms with Crippen LogP contribution in [0.5, 0.6) is 0 Å². The lowest BCUT2D eigenvalue weighted by molar-refractivity contribution is -0.0502. The standard InChI is InChI=1S/C21H29N5OS/c1-3-17-11-23-20(28-17)12-24-21(22-2)26-14-18-19(15-26)27-10-9-25(18)13-16-7-5-4-6-8-16/h4-8,11,18-19H,3,9-10,12-15H2,1-2H3,(H,22,24). The molecule has 6 nitrogen and oxygen atoms in total. The van der Waals surface area contributed by atoms with E-state index in [1.54, 1.807) is 11.3 Å². The van der Waals surface area contributed by atoms with Gasteiger partial charge in [0.05, 0.1) is 25.3 Å². The van der Waals surface area contributed by atoms with Gasteiger partial charge in [-0.15, -0.1) is 11.3 Å². The molecule has 1 aromatic carbocycles. The van der Waals surface area contributed by atoms with Crippen LogP contribution >= 0.6 is 11.3 Å². The molecular weight excluding hydrogens is 370 g/mol. The predicted molar refractivity (Wildman–Crippen MR) is 114 cm³/mol. The van der Waals surface area contributed by atoms with Crippen molar-refractivity contribution in [1.29, 1.82) is 0 Å². The zero-order valence-corrected chi connectivity index (χ0v) is 17.5. The molecule has 7 heteroatoms. The number of hydrogen-bond acceptors (Lipinski definition) is 5. The number of hydrogen-bond donors (Lipinski definition) is 1. The van der Waals surface area contributed by atoms with Crippen molar-refractivity contribution in [3.63, 3.8) is 0 Å². The third kappa shape index (κ3) is 4.37. The number of guanidine groups is 1. The SMILES string of the molecule is CCc1cnc(CNC(=NC)N2CC3OCCN(Cc4ccccc4)C3C2)s1. The smallest absolute Gasteiger partial charge is 0.194 e. The summed E-state index contributed by atoms with van der Waals surface area (Å²) in [4.78, 5) is 15.2. The second-order valence-electron chi connectivity index (χ2n) is 7.31. The maximum absolute atomic E-state index is 6.10. The fraction of sp³-hybridized carbons (Fsp3) is 0.524. The van der Waals surface area contributed by atoms with Gasteiger partial charge in [0, 0.05) is 44.3 Å². The van der Waals surface area contributed by atoms with E-state index in [2.05, 4.69) is 62.3 Å². The number of benzene rings is 1. The summed E-state index contributed by atoms with van der Waals surface area (Å²) in [6.45, 7) is 7.46. The van der Waals surface area contributed by atoms with E-state index >= 15 is 0 Å². The first-order valence-electron chi connectivity index (χ1n) is 10.1. The van der Waals surface area contributed by atoms with Gasteiger partial charge in [-0.3, -0.25) is 9.89 Å². The number of fused-ring (bicyclic) bond motifs is 1. The van der Waals surface area contributed by atoms with E-state index in [-0.39, 0.29) is 6.10 Å². The van der Waals surface area contributed by atoms with Gasteiger partial charge in [0.25, 0.3) is 0 Å². The molecule has 2 aromatic rings. The van der Waals surface area contributed by atoms with Crippen LogP contribution in [0.15, 0.2) is 41.5 Å². The van der Waals surface area contributed by atoms with Crippen LogP contribution in [0.25, 0.3) is 0 Å². The summed E-state index contributed by atoms with van der Waals surface area (Å²) in [6.07, 6.45) is 3.25. The number of nitrogens with one attached hydrogen (secondary N) is 1. The van der Waals surface area contributed by atoms with Crippen molar-refractivity contribution in [3.8, 4) is 0 Å². The second-order valence-corrected chi connectivity index (χ2v) is 8.51. The molecule has 0 radical (unpaired) electrons. The molecule has 0 spiro atoms. The minimum Gasteiger partial charge on any atom is -0.373 e. The fourth-order valence-corrected chi connectivity index (χ4v) is 4.83. The highest BCUT2D eigenvalue weighted by molar-refractivity contribution is 7.11. The van der Waals surface area contributed by atoms with Gasteiger partial charge < -0.3 is 15.0 Å². The van der Waals surface area contributed by atoms with Gasteiger partial charge in [-0.2, -0.15) is 0 Å². The molecule has 4 rings (SSSR count). The van der Waals surface area contributed by atoms with Crippen LogP contribution in [-0.2, 0) is 24.2 Å². The number of nitrogens with zero attached hydrogens (tertiary/aromatic N) is 4. The molecule has 2 aliphatic heterocycles. The number of rotatable bonds is 5. The number of morpholine rings is 1. The van der Waals surface area contributed by atoms with Gasteiger partial charge in [0.2, 0.25) is 0 Å². The topological polar surface area (TPSA) is 53.0 Å². The van der Waals surface area contributed by atoms with Crippen LogP contribution in [0.2, 0.25) is 0 Å². The normalized spacial score (nSPS) is 23.1. The maximum Gasteiger partial charge on any atom is 0.194 e. The molecule has 0 aliphatic carbocycles. The van der Waals surface area contributed by atoms with Crippen molar-refractivity contribution < 1.29 is 4.74 Å². The molecule has 1 aromatic heterocycles. The van der Waals surface area contributed by atoms with Gasteiger partial charge in [-0.1, -0.05) is 37.3 Å². The first kappa shape index (κ1) is 19.4. The molecule has 2 unspecified atom stereocenters. The van der Waals surface area contributed by atoms with Crippen molar-refractivity contribution >= 4 is 17.3 Å². The quantitative estimate of drug-likeness (QED) is 0.618. The van der Waals surface area contributed by atoms with Crippen molar-refractivity contribution in [2.24, 2.45) is 4.99 Å². The Morgan fingerprint density at radius 1 is 1.32 bits per heavy atom. The monoisotopic (exact) mass is 399 g/mol. The molecule has 28 heavy (non-hydrogen) atoms. The molecule has 150 valence electrons. The molecule has 0 amide bonds. The van der Waals surface area contributed by atoms with Crippen LogP contribution < -0.4 is 5.32 Å². The lowest BCUT2D eigenvalue weighted by Gasteiger charge is -2.36. The second kappa shape index (κ2) is 9.03. The van der Waals surface area contributed by atoms with Gasteiger partial charge in [-0.25, -0.2) is 4.98 Å². The highest BCUT2D eigenvalue weighted by atomic mass is 32.1. The Bertz CT molecular complexity index is 793. The summed E-state index contributed by atoms with van der Waals surface area (Å²) >= 11 is 1.77. The van der Waals surface area contributed by atoms with Gasteiger partial charge in [0.1, 0.15) is 5.01 Å². The van der Waals surface area contributed by atoms with E-state index in [1.165, 1.54) is 10.4 Å². The molecule has 2 atom stereocenters. The van der Waals surface area contributed by atoms with Crippen LogP contribution in [-0.4, -0.2) is 66.2 Å². The van der Waals surface area contributed by atoms with Crippen LogP contribution in [0, 0.1) is 0 Å². The lowest BCUT2D eigenvalue weighted by Crippen LogP contribution is -2.50. The van der Waals surface area contributed by atoms with Crippen LogP contribution in [0.4, 0.5) is 0 Å². The minimum atomic E-state index is 0.238. The first-order chi connectivity index (χ1) is 13.8. The number of thiazole rings is 1. The largest absolute Gasteiger partial charge is 0.373 e. The molecular formula is C21H29N5OS. The van der Waals surface area contributed by atoms with E-state index in [0.29, 0.717) is 6.04 Å². The summed E-state index contributed by atoms with van der Waals surface area (Å²) in [5, 5.41) is 4.60. The van der Waals surface area contributed by atoms with Crippen molar-refractivity contribution in [1.82, 2.24) is 20.1 Å². The average molecular weight is 400 g/mol. The Hall–Kier alpha value is -1.96. The van der Waals surface area contributed by atoms with Gasteiger partial charge >= 0.3 is 0 Å². The molecule has 2 fully saturated rings.